The van der Waals surface area contributed by atoms with Crippen LogP contribution in [-0.2, 0) is 4.79 Å². The summed E-state index contributed by atoms with van der Waals surface area (Å²) in [6, 6.07) is 6.14. The predicted molar refractivity (Wildman–Crippen MR) is 64.0 cm³/mol. The van der Waals surface area contributed by atoms with Crippen LogP contribution in [0.4, 0.5) is 0 Å². The SMILES string of the molecule is Cc1ccc2c(c1)C(=O)CC2C(=O)NC1CC1. The highest BCUT2D eigenvalue weighted by Crippen LogP contribution is 2.34. The zero-order valence-electron chi connectivity index (χ0n) is 9.82. The van der Waals surface area contributed by atoms with E-state index in [4.69, 9.17) is 0 Å². The van der Waals surface area contributed by atoms with Crippen molar-refractivity contribution in [2.24, 2.45) is 0 Å². The first-order chi connectivity index (χ1) is 8.15. The lowest BCUT2D eigenvalue weighted by molar-refractivity contribution is -0.122. The van der Waals surface area contributed by atoms with E-state index in [1.165, 1.54) is 0 Å². The molecule has 3 nitrogen and oxygen atoms in total. The summed E-state index contributed by atoms with van der Waals surface area (Å²) in [5.41, 5.74) is 2.71. The fraction of sp³-hybridized carbons (Fsp3) is 0.429. The number of rotatable bonds is 2. The van der Waals surface area contributed by atoms with Crippen LogP contribution in [-0.4, -0.2) is 17.7 Å². The van der Waals surface area contributed by atoms with Crippen LogP contribution in [0, 0.1) is 6.92 Å². The maximum atomic E-state index is 12.0. The zero-order chi connectivity index (χ0) is 12.0. The normalized spacial score (nSPS) is 22.4. The molecule has 3 heteroatoms. The molecule has 2 aliphatic rings. The van der Waals surface area contributed by atoms with Crippen molar-refractivity contribution in [3.63, 3.8) is 0 Å². The molecule has 3 rings (SSSR count). The summed E-state index contributed by atoms with van der Waals surface area (Å²) in [5.74, 6) is -0.151. The fourth-order valence-electron chi connectivity index (χ4n) is 2.38. The van der Waals surface area contributed by atoms with Gasteiger partial charge in [0.25, 0.3) is 0 Å². The van der Waals surface area contributed by atoms with Gasteiger partial charge in [-0.2, -0.15) is 0 Å². The monoisotopic (exact) mass is 229 g/mol. The number of amides is 1. The highest BCUT2D eigenvalue weighted by molar-refractivity contribution is 6.06. The van der Waals surface area contributed by atoms with Gasteiger partial charge in [0.2, 0.25) is 5.91 Å². The van der Waals surface area contributed by atoms with Crippen LogP contribution >= 0.6 is 0 Å². The van der Waals surface area contributed by atoms with Crippen molar-refractivity contribution >= 4 is 11.7 Å². The Balaban J connectivity index is 1.89. The standard InChI is InChI=1S/C14H15NO2/c1-8-2-5-10-11(6-8)13(16)7-12(10)14(17)15-9-3-4-9/h2,5-6,9,12H,3-4,7H2,1H3,(H,15,17). The molecule has 88 valence electrons. The van der Waals surface area contributed by atoms with E-state index in [0.29, 0.717) is 12.5 Å². The third-order valence-corrected chi connectivity index (χ3v) is 3.51. The Bertz CT molecular complexity index is 503. The van der Waals surface area contributed by atoms with Gasteiger partial charge in [-0.1, -0.05) is 17.7 Å². The Morgan fingerprint density at radius 1 is 1.35 bits per heavy atom. The van der Waals surface area contributed by atoms with E-state index >= 15 is 0 Å². The molecule has 2 aliphatic carbocycles. The Morgan fingerprint density at radius 3 is 2.82 bits per heavy atom. The third-order valence-electron chi connectivity index (χ3n) is 3.51. The zero-order valence-corrected chi connectivity index (χ0v) is 9.82. The third kappa shape index (κ3) is 1.86. The van der Waals surface area contributed by atoms with Gasteiger partial charge in [0.15, 0.2) is 5.78 Å². The molecule has 17 heavy (non-hydrogen) atoms. The number of fused-ring (bicyclic) bond motifs is 1. The lowest BCUT2D eigenvalue weighted by Gasteiger charge is -2.10. The van der Waals surface area contributed by atoms with E-state index in [1.807, 2.05) is 25.1 Å². The van der Waals surface area contributed by atoms with E-state index in [-0.39, 0.29) is 17.6 Å². The Labute approximate surface area is 100 Å². The second-order valence-corrected chi connectivity index (χ2v) is 5.05. The van der Waals surface area contributed by atoms with Crippen LogP contribution in [0.3, 0.4) is 0 Å². The molecule has 0 heterocycles. The van der Waals surface area contributed by atoms with Crippen LogP contribution in [0.15, 0.2) is 18.2 Å². The van der Waals surface area contributed by atoms with Crippen LogP contribution in [0.5, 0.6) is 0 Å². The van der Waals surface area contributed by atoms with Gasteiger partial charge in [0.1, 0.15) is 0 Å². The summed E-state index contributed by atoms with van der Waals surface area (Å²) in [7, 11) is 0. The molecule has 0 aromatic heterocycles. The van der Waals surface area contributed by atoms with E-state index < -0.39 is 0 Å². The topological polar surface area (TPSA) is 46.2 Å². The number of hydrogen-bond acceptors (Lipinski definition) is 2. The van der Waals surface area contributed by atoms with Gasteiger partial charge >= 0.3 is 0 Å². The van der Waals surface area contributed by atoms with Crippen molar-refractivity contribution in [3.8, 4) is 0 Å². The minimum absolute atomic E-state index is 0.0171. The number of carbonyl (C=O) groups is 2. The van der Waals surface area contributed by atoms with Crippen molar-refractivity contribution in [1.82, 2.24) is 5.32 Å². The minimum atomic E-state index is -0.265. The van der Waals surface area contributed by atoms with Crippen molar-refractivity contribution < 1.29 is 9.59 Å². The summed E-state index contributed by atoms with van der Waals surface area (Å²) in [6.07, 6.45) is 2.48. The summed E-state index contributed by atoms with van der Waals surface area (Å²) < 4.78 is 0. The van der Waals surface area contributed by atoms with Crippen molar-refractivity contribution in [2.75, 3.05) is 0 Å². The molecule has 1 aromatic rings. The predicted octanol–water partition coefficient (Wildman–Crippen LogP) is 1.94. The average Bonchev–Trinajstić information content (AvgIpc) is 3.04. The van der Waals surface area contributed by atoms with Crippen LogP contribution < -0.4 is 5.32 Å². The number of Topliss-reactive ketones (excluding diaryl/α,β-unsaturated/α-hetero) is 1. The molecule has 1 aromatic carbocycles. The summed E-state index contributed by atoms with van der Waals surface area (Å²) in [6.45, 7) is 1.96. The quantitative estimate of drug-likeness (QED) is 0.842. The van der Waals surface area contributed by atoms with Gasteiger partial charge in [0, 0.05) is 18.0 Å². The Morgan fingerprint density at radius 2 is 2.12 bits per heavy atom. The van der Waals surface area contributed by atoms with Gasteiger partial charge in [0.05, 0.1) is 5.92 Å². The molecule has 1 atom stereocenters. The first kappa shape index (κ1) is 10.5. The maximum absolute atomic E-state index is 12.0. The molecule has 0 bridgehead atoms. The summed E-state index contributed by atoms with van der Waals surface area (Å²) in [5, 5.41) is 2.98. The van der Waals surface area contributed by atoms with Crippen LogP contribution in [0.25, 0.3) is 0 Å². The van der Waals surface area contributed by atoms with E-state index in [2.05, 4.69) is 5.32 Å². The number of nitrogens with one attached hydrogen (secondary N) is 1. The largest absolute Gasteiger partial charge is 0.353 e. The number of ketones is 1. The molecule has 0 radical (unpaired) electrons. The maximum Gasteiger partial charge on any atom is 0.228 e. The number of hydrogen-bond donors (Lipinski definition) is 1. The molecule has 1 unspecified atom stereocenters. The second-order valence-electron chi connectivity index (χ2n) is 5.05. The van der Waals surface area contributed by atoms with Gasteiger partial charge < -0.3 is 5.32 Å². The minimum Gasteiger partial charge on any atom is -0.353 e. The average molecular weight is 229 g/mol. The van der Waals surface area contributed by atoms with E-state index in [0.717, 1.165) is 29.5 Å². The molecular formula is C14H15NO2. The molecule has 1 amide bonds. The van der Waals surface area contributed by atoms with Gasteiger partial charge in [-0.15, -0.1) is 0 Å². The number of carbonyl (C=O) groups excluding carboxylic acids is 2. The van der Waals surface area contributed by atoms with E-state index in [1.54, 1.807) is 0 Å². The summed E-state index contributed by atoms with van der Waals surface area (Å²) >= 11 is 0. The first-order valence-electron chi connectivity index (χ1n) is 6.09. The molecule has 1 fully saturated rings. The van der Waals surface area contributed by atoms with E-state index in [9.17, 15) is 9.59 Å². The lowest BCUT2D eigenvalue weighted by Crippen LogP contribution is -2.30. The van der Waals surface area contributed by atoms with Crippen LogP contribution in [0.1, 0.15) is 46.7 Å². The van der Waals surface area contributed by atoms with Gasteiger partial charge in [-0.25, -0.2) is 0 Å². The second kappa shape index (κ2) is 3.69. The first-order valence-corrected chi connectivity index (χ1v) is 6.09. The fourth-order valence-corrected chi connectivity index (χ4v) is 2.38. The van der Waals surface area contributed by atoms with Crippen molar-refractivity contribution in [1.29, 1.82) is 0 Å². The van der Waals surface area contributed by atoms with Gasteiger partial charge in [-0.3, -0.25) is 9.59 Å². The highest BCUT2D eigenvalue weighted by atomic mass is 16.2. The Hall–Kier alpha value is -1.64. The smallest absolute Gasteiger partial charge is 0.228 e. The number of aryl methyl sites for hydroxylation is 1. The molecule has 0 spiro atoms. The van der Waals surface area contributed by atoms with Gasteiger partial charge in [-0.05, 0) is 31.4 Å². The molecule has 0 saturated heterocycles. The summed E-state index contributed by atoms with van der Waals surface area (Å²) in [4.78, 5) is 23.9. The van der Waals surface area contributed by atoms with Crippen molar-refractivity contribution in [2.45, 2.75) is 38.1 Å². The molecular weight excluding hydrogens is 214 g/mol. The molecule has 1 saturated carbocycles. The molecule has 0 aliphatic heterocycles. The Kier molecular flexibility index (Phi) is 2.28. The lowest BCUT2D eigenvalue weighted by atomic mass is 9.99. The highest BCUT2D eigenvalue weighted by Gasteiger charge is 2.36. The molecule has 1 N–H and O–H groups in total. The van der Waals surface area contributed by atoms with Crippen molar-refractivity contribution in [3.05, 3.63) is 34.9 Å². The van der Waals surface area contributed by atoms with Crippen LogP contribution in [0.2, 0.25) is 0 Å². The number of benzene rings is 1.